The van der Waals surface area contributed by atoms with Crippen molar-refractivity contribution in [3.63, 3.8) is 0 Å². The van der Waals surface area contributed by atoms with Crippen LogP contribution in [-0.2, 0) is 5.41 Å². The minimum Gasteiger partial charge on any atom is -0.355 e. The largest absolute Gasteiger partial charge is 0.355 e. The Morgan fingerprint density at radius 2 is 1.87 bits per heavy atom. The van der Waals surface area contributed by atoms with Crippen LogP contribution in [0.25, 0.3) is 16.7 Å². The van der Waals surface area contributed by atoms with E-state index in [9.17, 15) is 0 Å². The summed E-state index contributed by atoms with van der Waals surface area (Å²) in [4.78, 5) is 17.0. The second-order valence-electron chi connectivity index (χ2n) is 9.33. The molecule has 1 aromatic carbocycles. The Kier molecular flexibility index (Phi) is 4.43. The van der Waals surface area contributed by atoms with Crippen molar-refractivity contribution in [2.45, 2.75) is 45.6 Å². The summed E-state index contributed by atoms with van der Waals surface area (Å²) in [6, 6.07) is 8.65. The maximum Gasteiger partial charge on any atom is 0.130 e. The average Bonchev–Trinajstić information content (AvgIpc) is 3.45. The lowest BCUT2D eigenvalue weighted by Gasteiger charge is -2.27. The monoisotopic (exact) mass is 413 g/mol. The second kappa shape index (κ2) is 7.04. The Morgan fingerprint density at radius 3 is 2.61 bits per heavy atom. The molecule has 7 nitrogen and oxygen atoms in total. The average molecular weight is 414 g/mol. The van der Waals surface area contributed by atoms with Crippen LogP contribution >= 0.6 is 0 Å². The normalized spacial score (nSPS) is 17.1. The number of aromatic amines is 1. The van der Waals surface area contributed by atoms with Crippen molar-refractivity contribution < 1.29 is 0 Å². The molecule has 31 heavy (non-hydrogen) atoms. The van der Waals surface area contributed by atoms with Crippen molar-refractivity contribution in [2.24, 2.45) is 0 Å². The Bertz CT molecular complexity index is 1260. The van der Waals surface area contributed by atoms with Crippen molar-refractivity contribution in [3.8, 4) is 5.69 Å². The molecule has 0 bridgehead atoms. The van der Waals surface area contributed by atoms with Crippen molar-refractivity contribution in [2.75, 3.05) is 11.4 Å². The van der Waals surface area contributed by atoms with E-state index in [-0.39, 0.29) is 11.5 Å². The lowest BCUT2D eigenvalue weighted by molar-refractivity contribution is 0.591. The molecule has 7 heteroatoms. The van der Waals surface area contributed by atoms with E-state index in [1.54, 1.807) is 17.2 Å². The zero-order chi connectivity index (χ0) is 21.8. The smallest absolute Gasteiger partial charge is 0.130 e. The molecule has 0 spiro atoms. The van der Waals surface area contributed by atoms with E-state index < -0.39 is 0 Å². The van der Waals surface area contributed by atoms with Gasteiger partial charge in [-0.05, 0) is 42.5 Å². The van der Waals surface area contributed by atoms with Crippen LogP contribution < -0.4 is 4.90 Å². The van der Waals surface area contributed by atoms with Gasteiger partial charge in [0.25, 0.3) is 0 Å². The summed E-state index contributed by atoms with van der Waals surface area (Å²) in [5, 5.41) is 8.65. The van der Waals surface area contributed by atoms with Crippen molar-refractivity contribution in [3.05, 3.63) is 72.1 Å². The van der Waals surface area contributed by atoms with E-state index in [0.29, 0.717) is 0 Å². The van der Waals surface area contributed by atoms with Gasteiger partial charge in [0.05, 0.1) is 41.4 Å². The summed E-state index contributed by atoms with van der Waals surface area (Å²) in [6.45, 7) is 13.7. The molecule has 0 unspecified atom stereocenters. The van der Waals surface area contributed by atoms with Crippen LogP contribution in [0.1, 0.15) is 50.3 Å². The molecule has 3 aromatic heterocycles. The van der Waals surface area contributed by atoms with Gasteiger partial charge in [-0.1, -0.05) is 39.0 Å². The molecule has 158 valence electrons. The summed E-state index contributed by atoms with van der Waals surface area (Å²) < 4.78 is 0. The Balaban J connectivity index is 1.59. The van der Waals surface area contributed by atoms with E-state index in [4.69, 9.17) is 4.98 Å². The van der Waals surface area contributed by atoms with Gasteiger partial charge in [0.1, 0.15) is 11.5 Å². The van der Waals surface area contributed by atoms with E-state index in [0.717, 1.165) is 46.9 Å². The van der Waals surface area contributed by atoms with Gasteiger partial charge < -0.3 is 9.88 Å². The molecule has 0 saturated carbocycles. The number of rotatable bonds is 3. The molecule has 1 fully saturated rings. The number of aromatic nitrogens is 6. The molecule has 4 aromatic rings. The van der Waals surface area contributed by atoms with E-state index in [2.05, 4.69) is 76.7 Å². The first kappa shape index (κ1) is 19.5. The minimum atomic E-state index is 0.0640. The number of pyridine rings is 1. The Hall–Kier alpha value is -3.48. The molecule has 0 amide bonds. The standard InChI is InChI=1S/C24H27N7/c1-15-10-21(23-28-18-7-6-17(24(3,4)5)12-19(18)29-23)30(14-15)20-11-16(2)25-13-22(20)31-26-8-9-27-31/h6-9,11-13,21H,1,10,14H2,2-5H3,(H,28,29)/t21-/m0/s1. The lowest BCUT2D eigenvalue weighted by Crippen LogP contribution is -2.25. The van der Waals surface area contributed by atoms with Gasteiger partial charge in [0, 0.05) is 12.2 Å². The lowest BCUT2D eigenvalue weighted by atomic mass is 9.87. The summed E-state index contributed by atoms with van der Waals surface area (Å²) in [5.74, 6) is 0.952. The molecular formula is C24H27N7. The summed E-state index contributed by atoms with van der Waals surface area (Å²) in [5.41, 5.74) is 7.44. The quantitative estimate of drug-likeness (QED) is 0.495. The van der Waals surface area contributed by atoms with Gasteiger partial charge in [0.15, 0.2) is 0 Å². The van der Waals surface area contributed by atoms with Gasteiger partial charge in [-0.15, -0.1) is 4.80 Å². The first-order chi connectivity index (χ1) is 14.8. The first-order valence-electron chi connectivity index (χ1n) is 10.6. The summed E-state index contributed by atoms with van der Waals surface area (Å²) in [7, 11) is 0. The summed E-state index contributed by atoms with van der Waals surface area (Å²) >= 11 is 0. The number of nitrogens with one attached hydrogen (secondary N) is 1. The van der Waals surface area contributed by atoms with Gasteiger partial charge in [-0.3, -0.25) is 4.98 Å². The minimum absolute atomic E-state index is 0.0640. The highest BCUT2D eigenvalue weighted by Gasteiger charge is 2.33. The zero-order valence-electron chi connectivity index (χ0n) is 18.4. The van der Waals surface area contributed by atoms with Crippen LogP contribution in [-0.4, -0.2) is 36.5 Å². The third-order valence-electron chi connectivity index (χ3n) is 5.88. The number of imidazole rings is 1. The SMILES string of the molecule is C=C1C[C@@H](c2nc3ccc(C(C)(C)C)cc3[nH]2)N(c2cc(C)ncc2-n2nccn2)C1. The highest BCUT2D eigenvalue weighted by molar-refractivity contribution is 5.77. The molecule has 1 N–H and O–H groups in total. The third-order valence-corrected chi connectivity index (χ3v) is 5.88. The van der Waals surface area contributed by atoms with Crippen LogP contribution in [0.2, 0.25) is 0 Å². The first-order valence-corrected chi connectivity index (χ1v) is 10.6. The second-order valence-corrected chi connectivity index (χ2v) is 9.33. The van der Waals surface area contributed by atoms with Crippen LogP contribution in [0.3, 0.4) is 0 Å². The van der Waals surface area contributed by atoms with Crippen LogP contribution in [0, 0.1) is 6.92 Å². The molecule has 4 heterocycles. The molecular weight excluding hydrogens is 386 g/mol. The third kappa shape index (κ3) is 3.50. The zero-order valence-corrected chi connectivity index (χ0v) is 18.4. The van der Waals surface area contributed by atoms with E-state index in [1.807, 2.05) is 13.1 Å². The molecule has 0 radical (unpaired) electrons. The Labute approximate surface area is 181 Å². The number of aryl methyl sites for hydroxylation is 1. The van der Waals surface area contributed by atoms with Crippen LogP contribution in [0.4, 0.5) is 5.69 Å². The molecule has 1 aliphatic rings. The molecule has 1 aliphatic heterocycles. The number of H-pyrrole nitrogens is 1. The van der Waals surface area contributed by atoms with Gasteiger partial charge in [-0.25, -0.2) is 4.98 Å². The van der Waals surface area contributed by atoms with Gasteiger partial charge in [0.2, 0.25) is 0 Å². The molecule has 1 saturated heterocycles. The molecule has 1 atom stereocenters. The highest BCUT2D eigenvalue weighted by Crippen LogP contribution is 2.40. The predicted octanol–water partition coefficient (Wildman–Crippen LogP) is 4.65. The van der Waals surface area contributed by atoms with Crippen molar-refractivity contribution in [1.82, 2.24) is 29.9 Å². The fourth-order valence-electron chi connectivity index (χ4n) is 4.21. The van der Waals surface area contributed by atoms with Crippen molar-refractivity contribution >= 4 is 16.7 Å². The van der Waals surface area contributed by atoms with Gasteiger partial charge >= 0.3 is 0 Å². The highest BCUT2D eigenvalue weighted by atomic mass is 15.5. The summed E-state index contributed by atoms with van der Waals surface area (Å²) in [6.07, 6.45) is 6.03. The van der Waals surface area contributed by atoms with Crippen LogP contribution in [0.5, 0.6) is 0 Å². The molecule has 5 rings (SSSR count). The number of benzene rings is 1. The number of fused-ring (bicyclic) bond motifs is 1. The van der Waals surface area contributed by atoms with Crippen LogP contribution in [0.15, 0.2) is 55.0 Å². The number of anilines is 1. The number of hydrogen-bond donors (Lipinski definition) is 1. The van der Waals surface area contributed by atoms with Gasteiger partial charge in [-0.2, -0.15) is 10.2 Å². The maximum absolute atomic E-state index is 4.95. The fourth-order valence-corrected chi connectivity index (χ4v) is 4.21. The van der Waals surface area contributed by atoms with Crippen molar-refractivity contribution in [1.29, 1.82) is 0 Å². The number of hydrogen-bond acceptors (Lipinski definition) is 5. The molecule has 0 aliphatic carbocycles. The maximum atomic E-state index is 4.95. The fraction of sp³-hybridized carbons (Fsp3) is 0.333. The van der Waals surface area contributed by atoms with E-state index in [1.165, 1.54) is 11.1 Å². The number of nitrogens with zero attached hydrogens (tertiary/aromatic N) is 6. The predicted molar refractivity (Wildman–Crippen MR) is 123 cm³/mol. The Morgan fingerprint density at radius 1 is 1.10 bits per heavy atom. The topological polar surface area (TPSA) is 75.5 Å². The van der Waals surface area contributed by atoms with E-state index >= 15 is 0 Å².